The Balaban J connectivity index is 2.12. The van der Waals surface area contributed by atoms with Gasteiger partial charge in [-0.05, 0) is 61.6 Å². The Morgan fingerprint density at radius 2 is 1.37 bits per heavy atom. The molecule has 0 heterocycles. The van der Waals surface area contributed by atoms with Gasteiger partial charge < -0.3 is 24.1 Å². The van der Waals surface area contributed by atoms with E-state index in [-0.39, 0.29) is 20.2 Å². The Morgan fingerprint density at radius 3 is 1.97 bits per heavy atom. The molecule has 0 aliphatic rings. The number of benzene rings is 2. The molecule has 0 aromatic heterocycles. The average Bonchev–Trinajstić information content (AvgIpc) is 2.76. The van der Waals surface area contributed by atoms with Crippen molar-refractivity contribution in [3.05, 3.63) is 65.2 Å². The van der Waals surface area contributed by atoms with Gasteiger partial charge in [-0.2, -0.15) is 0 Å². The lowest BCUT2D eigenvalue weighted by molar-refractivity contribution is 0.0182. The highest BCUT2D eigenvalue weighted by Gasteiger charge is 2.03. The maximum Gasteiger partial charge on any atom is 0.189 e. The van der Waals surface area contributed by atoms with Crippen LogP contribution in [0.4, 0.5) is 0 Å². The molecule has 0 aliphatic heterocycles. The monoisotopic (exact) mass is 412 g/mol. The number of allylic oxidation sites excluding steroid dienone is 1. The molecule has 1 N–H and O–H groups in total. The topological polar surface area (TPSA) is 57.2 Å². The van der Waals surface area contributed by atoms with Crippen LogP contribution in [0.1, 0.15) is 43.4 Å². The number of aliphatic hydroxyl groups is 1. The molecule has 0 atom stereocenters. The third-order valence-corrected chi connectivity index (χ3v) is 4.15. The van der Waals surface area contributed by atoms with Crippen LogP contribution in [0.3, 0.4) is 0 Å². The van der Waals surface area contributed by atoms with Crippen molar-refractivity contribution in [3.8, 4) is 11.5 Å². The smallest absolute Gasteiger partial charge is 0.189 e. The van der Waals surface area contributed by atoms with Gasteiger partial charge in [0.2, 0.25) is 0 Å². The second-order valence-electron chi connectivity index (χ2n) is 6.52. The molecular weight excluding hydrogens is 380 g/mol. The van der Waals surface area contributed by atoms with Crippen molar-refractivity contribution in [1.82, 2.24) is 0 Å². The van der Waals surface area contributed by atoms with E-state index >= 15 is 0 Å². The largest absolute Gasteiger partial charge is 0.467 e. The second kappa shape index (κ2) is 14.4. The normalized spacial score (nSPS) is 11.4. The lowest BCUT2D eigenvalue weighted by Gasteiger charge is -2.11. The van der Waals surface area contributed by atoms with E-state index in [1.165, 1.54) is 0 Å². The minimum Gasteiger partial charge on any atom is -0.467 e. The van der Waals surface area contributed by atoms with Crippen LogP contribution in [-0.4, -0.2) is 38.5 Å². The summed E-state index contributed by atoms with van der Waals surface area (Å²) in [5.74, 6) is 1.36. The standard InChI is InChI=1S/C25H32O5/c1-3-27-19-29-24-16-23(17-25(18-24)30-20-28-4-2)13-12-22-11-8-10-21(15-22)9-6-5-7-14-26/h6,8-13,15-18,26H,3-5,7,14,19-20H2,1-2H3. The predicted molar refractivity (Wildman–Crippen MR) is 121 cm³/mol. The summed E-state index contributed by atoms with van der Waals surface area (Å²) < 4.78 is 21.9. The Hall–Kier alpha value is -2.60. The summed E-state index contributed by atoms with van der Waals surface area (Å²) in [6, 6.07) is 14.0. The average molecular weight is 413 g/mol. The molecule has 0 saturated heterocycles. The van der Waals surface area contributed by atoms with Crippen molar-refractivity contribution in [2.45, 2.75) is 26.7 Å². The molecule has 2 aromatic carbocycles. The highest BCUT2D eigenvalue weighted by atomic mass is 16.7. The van der Waals surface area contributed by atoms with Crippen molar-refractivity contribution in [1.29, 1.82) is 0 Å². The number of rotatable bonds is 14. The van der Waals surface area contributed by atoms with E-state index in [1.807, 2.05) is 44.2 Å². The van der Waals surface area contributed by atoms with Crippen molar-refractivity contribution in [3.63, 3.8) is 0 Å². The van der Waals surface area contributed by atoms with Gasteiger partial charge in [-0.25, -0.2) is 0 Å². The molecule has 5 heteroatoms. The SMILES string of the molecule is CCOCOc1cc(C=Cc2cccc(C=CCCCO)c2)cc(OCOCC)c1. The summed E-state index contributed by atoms with van der Waals surface area (Å²) in [7, 11) is 0. The minimum atomic E-state index is 0.194. The summed E-state index contributed by atoms with van der Waals surface area (Å²) >= 11 is 0. The first-order valence-electron chi connectivity index (χ1n) is 10.4. The van der Waals surface area contributed by atoms with Crippen LogP contribution in [0.5, 0.6) is 11.5 Å². The molecule has 0 saturated carbocycles. The van der Waals surface area contributed by atoms with Crippen molar-refractivity contribution in [2.24, 2.45) is 0 Å². The van der Waals surface area contributed by atoms with Crippen LogP contribution < -0.4 is 9.47 Å². The van der Waals surface area contributed by atoms with Crippen molar-refractivity contribution in [2.75, 3.05) is 33.4 Å². The van der Waals surface area contributed by atoms with Gasteiger partial charge in [-0.1, -0.05) is 42.5 Å². The number of unbranched alkanes of at least 4 members (excludes halogenated alkanes) is 1. The number of hydrogen-bond acceptors (Lipinski definition) is 5. The first-order valence-corrected chi connectivity index (χ1v) is 10.4. The van der Waals surface area contributed by atoms with Crippen LogP contribution in [0.2, 0.25) is 0 Å². The Morgan fingerprint density at radius 1 is 0.767 bits per heavy atom. The highest BCUT2D eigenvalue weighted by Crippen LogP contribution is 2.25. The molecule has 0 unspecified atom stereocenters. The third kappa shape index (κ3) is 9.27. The van der Waals surface area contributed by atoms with Gasteiger partial charge in [-0.15, -0.1) is 0 Å². The van der Waals surface area contributed by atoms with Crippen LogP contribution >= 0.6 is 0 Å². The molecule has 2 rings (SSSR count). The van der Waals surface area contributed by atoms with E-state index in [4.69, 9.17) is 24.1 Å². The second-order valence-corrected chi connectivity index (χ2v) is 6.52. The Kier molecular flexibility index (Phi) is 11.4. The maximum absolute atomic E-state index is 8.87. The lowest BCUT2D eigenvalue weighted by Crippen LogP contribution is -2.04. The van der Waals surface area contributed by atoms with Crippen LogP contribution in [0.25, 0.3) is 18.2 Å². The fraction of sp³-hybridized carbons (Fsp3) is 0.360. The Bertz CT molecular complexity index is 770. The molecule has 0 bridgehead atoms. The fourth-order valence-corrected chi connectivity index (χ4v) is 2.63. The van der Waals surface area contributed by atoms with E-state index < -0.39 is 0 Å². The van der Waals surface area contributed by atoms with Gasteiger partial charge >= 0.3 is 0 Å². The van der Waals surface area contributed by atoms with E-state index in [0.717, 1.165) is 29.5 Å². The van der Waals surface area contributed by atoms with Gasteiger partial charge in [0.25, 0.3) is 0 Å². The van der Waals surface area contributed by atoms with Gasteiger partial charge in [0.1, 0.15) is 11.5 Å². The quantitative estimate of drug-likeness (QED) is 0.256. The van der Waals surface area contributed by atoms with Crippen LogP contribution in [0, 0.1) is 0 Å². The molecule has 0 aliphatic carbocycles. The van der Waals surface area contributed by atoms with E-state index in [1.54, 1.807) is 0 Å². The van der Waals surface area contributed by atoms with Crippen LogP contribution in [0.15, 0.2) is 48.5 Å². The van der Waals surface area contributed by atoms with E-state index in [0.29, 0.717) is 24.7 Å². The van der Waals surface area contributed by atoms with Gasteiger partial charge in [0.05, 0.1) is 0 Å². The molecule has 0 amide bonds. The molecule has 30 heavy (non-hydrogen) atoms. The van der Waals surface area contributed by atoms with Crippen LogP contribution in [-0.2, 0) is 9.47 Å². The predicted octanol–water partition coefficient (Wildman–Crippen LogP) is 5.39. The Labute approximate surface area is 179 Å². The van der Waals surface area contributed by atoms with E-state index in [9.17, 15) is 0 Å². The zero-order chi connectivity index (χ0) is 21.4. The first kappa shape index (κ1) is 23.7. The number of aliphatic hydroxyl groups excluding tert-OH is 1. The zero-order valence-electron chi connectivity index (χ0n) is 17.9. The molecule has 0 spiro atoms. The molecule has 0 fully saturated rings. The summed E-state index contributed by atoms with van der Waals surface area (Å²) in [6.45, 7) is 5.65. The molecule has 2 aromatic rings. The maximum atomic E-state index is 8.87. The summed E-state index contributed by atoms with van der Waals surface area (Å²) in [4.78, 5) is 0. The number of ether oxygens (including phenoxy) is 4. The number of hydrogen-bond donors (Lipinski definition) is 1. The molecule has 5 nitrogen and oxygen atoms in total. The molecular formula is C25H32O5. The molecule has 162 valence electrons. The first-order chi connectivity index (χ1) is 14.7. The highest BCUT2D eigenvalue weighted by molar-refractivity contribution is 5.72. The fourth-order valence-electron chi connectivity index (χ4n) is 2.63. The summed E-state index contributed by atoms with van der Waals surface area (Å²) in [6.07, 6.45) is 9.89. The van der Waals surface area contributed by atoms with Crippen molar-refractivity contribution >= 4 is 18.2 Å². The summed E-state index contributed by atoms with van der Waals surface area (Å²) in [5.41, 5.74) is 3.18. The zero-order valence-corrected chi connectivity index (χ0v) is 17.9. The van der Waals surface area contributed by atoms with Crippen molar-refractivity contribution < 1.29 is 24.1 Å². The third-order valence-electron chi connectivity index (χ3n) is 4.15. The molecule has 0 radical (unpaired) electrons. The lowest BCUT2D eigenvalue weighted by atomic mass is 10.1. The minimum absolute atomic E-state index is 0.194. The summed E-state index contributed by atoms with van der Waals surface area (Å²) in [5, 5.41) is 8.87. The van der Waals surface area contributed by atoms with Gasteiger partial charge in [0, 0.05) is 25.9 Å². The van der Waals surface area contributed by atoms with E-state index in [2.05, 4.69) is 36.4 Å². The van der Waals surface area contributed by atoms with Gasteiger partial charge in [0.15, 0.2) is 13.6 Å². The van der Waals surface area contributed by atoms with Gasteiger partial charge in [-0.3, -0.25) is 0 Å².